The number of hydrogen-bond acceptors (Lipinski definition) is 5. The van der Waals surface area contributed by atoms with E-state index < -0.39 is 15.1 Å². The highest BCUT2D eigenvalue weighted by molar-refractivity contribution is 7.92. The Kier molecular flexibility index (Phi) is 6.53. The van der Waals surface area contributed by atoms with E-state index in [1.54, 1.807) is 26.4 Å². The smallest absolute Gasteiger partial charge is 0.182 e. The second-order valence-corrected chi connectivity index (χ2v) is 10.5. The number of rotatable bonds is 6. The molecule has 3 aromatic carbocycles. The summed E-state index contributed by atoms with van der Waals surface area (Å²) in [5, 5.41) is -0.562. The third kappa shape index (κ3) is 4.66. The molecule has 0 bridgehead atoms. The van der Waals surface area contributed by atoms with Crippen LogP contribution in [0, 0.1) is 6.92 Å². The van der Waals surface area contributed by atoms with Crippen LogP contribution in [-0.4, -0.2) is 39.3 Å². The van der Waals surface area contributed by atoms with Gasteiger partial charge < -0.3 is 9.47 Å². The van der Waals surface area contributed by atoms with E-state index in [1.165, 1.54) is 0 Å². The number of aryl methyl sites for hydroxylation is 1. The van der Waals surface area contributed by atoms with Crippen LogP contribution in [0.4, 0.5) is 0 Å². The third-order valence-corrected chi connectivity index (χ3v) is 8.17. The molecular formula is C26H29NO4S. The highest BCUT2D eigenvalue weighted by Gasteiger charge is 2.33. The molecule has 6 heteroatoms. The van der Waals surface area contributed by atoms with E-state index in [2.05, 4.69) is 17.0 Å². The van der Waals surface area contributed by atoms with Gasteiger partial charge in [0.05, 0.1) is 24.4 Å². The number of fused-ring (bicyclic) bond motifs is 1. The molecule has 0 aromatic heterocycles. The maximum atomic E-state index is 13.7. The van der Waals surface area contributed by atoms with Crippen LogP contribution >= 0.6 is 0 Å². The molecular weight excluding hydrogens is 422 g/mol. The number of hydrogen-bond donors (Lipinski definition) is 0. The van der Waals surface area contributed by atoms with E-state index in [4.69, 9.17) is 9.47 Å². The van der Waals surface area contributed by atoms with Crippen molar-refractivity contribution in [3.8, 4) is 11.5 Å². The van der Waals surface area contributed by atoms with Gasteiger partial charge in [0.15, 0.2) is 21.3 Å². The summed E-state index contributed by atoms with van der Waals surface area (Å²) < 4.78 is 38.3. The minimum absolute atomic E-state index is 0.372. The van der Waals surface area contributed by atoms with Gasteiger partial charge in [0, 0.05) is 19.6 Å². The SMILES string of the molecule is COc1cc2c(cc1OC)CN(Cc1ccccc1)CC(S(=O)(=O)c1ccc(C)cc1)C2. The van der Waals surface area contributed by atoms with E-state index in [0.717, 1.165) is 22.3 Å². The average Bonchev–Trinajstić information content (AvgIpc) is 2.98. The molecule has 0 radical (unpaired) electrons. The molecule has 0 amide bonds. The first-order valence-electron chi connectivity index (χ1n) is 10.7. The van der Waals surface area contributed by atoms with Gasteiger partial charge in [-0.3, -0.25) is 4.90 Å². The standard InChI is InChI=1S/C26H29NO4S/c1-19-9-11-23(12-10-19)32(28,29)24-13-21-14-25(30-2)26(31-3)15-22(21)17-27(18-24)16-20-7-5-4-6-8-20/h4-12,14-15,24H,13,16-18H2,1-3H3. The molecule has 1 aliphatic rings. The van der Waals surface area contributed by atoms with Crippen molar-refractivity contribution in [2.75, 3.05) is 20.8 Å². The zero-order chi connectivity index (χ0) is 22.7. The van der Waals surface area contributed by atoms with Crippen molar-refractivity contribution in [1.29, 1.82) is 0 Å². The Morgan fingerprint density at radius 3 is 2.16 bits per heavy atom. The second-order valence-electron chi connectivity index (χ2n) is 8.32. The van der Waals surface area contributed by atoms with Gasteiger partial charge in [0.1, 0.15) is 0 Å². The van der Waals surface area contributed by atoms with Crippen LogP contribution < -0.4 is 9.47 Å². The number of benzene rings is 3. The first-order chi connectivity index (χ1) is 15.4. The van der Waals surface area contributed by atoms with Crippen LogP contribution in [0.3, 0.4) is 0 Å². The molecule has 0 saturated carbocycles. The van der Waals surface area contributed by atoms with Gasteiger partial charge in [-0.15, -0.1) is 0 Å². The molecule has 1 unspecified atom stereocenters. The van der Waals surface area contributed by atoms with E-state index in [1.807, 2.05) is 49.4 Å². The highest BCUT2D eigenvalue weighted by atomic mass is 32.2. The van der Waals surface area contributed by atoms with Gasteiger partial charge in [-0.2, -0.15) is 0 Å². The lowest BCUT2D eigenvalue weighted by molar-refractivity contribution is 0.261. The first kappa shape index (κ1) is 22.4. The number of sulfone groups is 1. The molecule has 3 aromatic rings. The normalized spacial score (nSPS) is 16.8. The van der Waals surface area contributed by atoms with Crippen molar-refractivity contribution in [2.45, 2.75) is 36.6 Å². The first-order valence-corrected chi connectivity index (χ1v) is 12.3. The summed E-state index contributed by atoms with van der Waals surface area (Å²) in [6.07, 6.45) is 0.428. The van der Waals surface area contributed by atoms with Gasteiger partial charge in [-0.25, -0.2) is 8.42 Å². The largest absolute Gasteiger partial charge is 0.493 e. The van der Waals surface area contributed by atoms with E-state index in [0.29, 0.717) is 42.4 Å². The summed E-state index contributed by atoms with van der Waals surface area (Å²) >= 11 is 0. The van der Waals surface area contributed by atoms with Gasteiger partial charge in [0.2, 0.25) is 0 Å². The van der Waals surface area contributed by atoms with E-state index in [-0.39, 0.29) is 0 Å². The summed E-state index contributed by atoms with van der Waals surface area (Å²) in [6, 6.07) is 21.2. The fourth-order valence-corrected chi connectivity index (χ4v) is 6.00. The van der Waals surface area contributed by atoms with Gasteiger partial charge in [0.25, 0.3) is 0 Å². The second kappa shape index (κ2) is 9.35. The minimum atomic E-state index is -3.52. The van der Waals surface area contributed by atoms with Crippen molar-refractivity contribution in [2.24, 2.45) is 0 Å². The van der Waals surface area contributed by atoms with Crippen molar-refractivity contribution < 1.29 is 17.9 Å². The maximum absolute atomic E-state index is 13.7. The van der Waals surface area contributed by atoms with Gasteiger partial charge in [-0.1, -0.05) is 48.0 Å². The fourth-order valence-electron chi connectivity index (χ4n) is 4.29. The van der Waals surface area contributed by atoms with Crippen LogP contribution in [0.25, 0.3) is 0 Å². The van der Waals surface area contributed by atoms with Crippen molar-refractivity contribution in [3.05, 3.63) is 89.0 Å². The Labute approximate surface area is 190 Å². The lowest BCUT2D eigenvalue weighted by Crippen LogP contribution is -2.35. The molecule has 1 atom stereocenters. The Morgan fingerprint density at radius 1 is 0.906 bits per heavy atom. The fraction of sp³-hybridized carbons (Fsp3) is 0.308. The lowest BCUT2D eigenvalue weighted by atomic mass is 10.0. The molecule has 1 heterocycles. The maximum Gasteiger partial charge on any atom is 0.182 e. The molecule has 0 spiro atoms. The molecule has 168 valence electrons. The summed E-state index contributed by atoms with van der Waals surface area (Å²) in [4.78, 5) is 2.58. The summed E-state index contributed by atoms with van der Waals surface area (Å²) in [5.41, 5.74) is 4.25. The number of ether oxygens (including phenoxy) is 2. The quantitative estimate of drug-likeness (QED) is 0.556. The molecule has 0 fully saturated rings. The number of nitrogens with zero attached hydrogens (tertiary/aromatic N) is 1. The molecule has 1 aliphatic heterocycles. The van der Waals surface area contributed by atoms with Crippen molar-refractivity contribution in [3.63, 3.8) is 0 Å². The Balaban J connectivity index is 1.75. The molecule has 32 heavy (non-hydrogen) atoms. The summed E-state index contributed by atoms with van der Waals surface area (Å²) in [5.74, 6) is 1.28. The Hall–Kier alpha value is -2.83. The topological polar surface area (TPSA) is 55.8 Å². The molecule has 5 nitrogen and oxygen atoms in total. The number of methoxy groups -OCH3 is 2. The van der Waals surface area contributed by atoms with Crippen LogP contribution in [-0.2, 0) is 29.3 Å². The molecule has 4 rings (SSSR count). The highest BCUT2D eigenvalue weighted by Crippen LogP contribution is 2.35. The van der Waals surface area contributed by atoms with Crippen LogP contribution in [0.5, 0.6) is 11.5 Å². The van der Waals surface area contributed by atoms with Gasteiger partial charge in [-0.05, 0) is 54.3 Å². The Morgan fingerprint density at radius 2 is 1.53 bits per heavy atom. The van der Waals surface area contributed by atoms with E-state index in [9.17, 15) is 8.42 Å². The van der Waals surface area contributed by atoms with Gasteiger partial charge >= 0.3 is 0 Å². The predicted octanol–water partition coefficient (Wildman–Crippen LogP) is 4.41. The lowest BCUT2D eigenvalue weighted by Gasteiger charge is -2.24. The Bertz CT molecular complexity index is 1170. The molecule has 0 saturated heterocycles. The minimum Gasteiger partial charge on any atom is -0.493 e. The summed E-state index contributed by atoms with van der Waals surface area (Å²) in [7, 11) is -0.300. The molecule has 0 N–H and O–H groups in total. The summed E-state index contributed by atoms with van der Waals surface area (Å²) in [6.45, 7) is 3.73. The van der Waals surface area contributed by atoms with Crippen molar-refractivity contribution in [1.82, 2.24) is 4.90 Å². The third-order valence-electron chi connectivity index (χ3n) is 6.05. The zero-order valence-corrected chi connectivity index (χ0v) is 19.6. The molecule has 0 aliphatic carbocycles. The van der Waals surface area contributed by atoms with Crippen molar-refractivity contribution >= 4 is 9.84 Å². The van der Waals surface area contributed by atoms with Crippen LogP contribution in [0.15, 0.2) is 71.6 Å². The van der Waals surface area contributed by atoms with Crippen LogP contribution in [0.1, 0.15) is 22.3 Å². The monoisotopic (exact) mass is 451 g/mol. The zero-order valence-electron chi connectivity index (χ0n) is 18.7. The van der Waals surface area contributed by atoms with Crippen LogP contribution in [0.2, 0.25) is 0 Å². The predicted molar refractivity (Wildman–Crippen MR) is 126 cm³/mol. The average molecular weight is 452 g/mol. The van der Waals surface area contributed by atoms with E-state index >= 15 is 0 Å².